The number of aliphatic carboxylic acids is 1. The Labute approximate surface area is 139 Å². The SMILES string of the molecule is CC[C@@H](O)/C=C/[C@@H]1[C@H](CCCCCCCC(=O)O)[C@H](O)C[C@@H]1O. The van der Waals surface area contributed by atoms with Crippen LogP contribution in [0.15, 0.2) is 12.2 Å². The Bertz CT molecular complexity index is 368. The Hall–Kier alpha value is -0.910. The van der Waals surface area contributed by atoms with Gasteiger partial charge in [0.1, 0.15) is 0 Å². The molecule has 0 bridgehead atoms. The lowest BCUT2D eigenvalue weighted by atomic mass is 9.88. The molecule has 1 aliphatic rings. The first-order valence-electron chi connectivity index (χ1n) is 8.90. The van der Waals surface area contributed by atoms with Gasteiger partial charge in [0, 0.05) is 18.8 Å². The lowest BCUT2D eigenvalue weighted by Gasteiger charge is -2.21. The van der Waals surface area contributed by atoms with Crippen molar-refractivity contribution >= 4 is 5.97 Å². The third kappa shape index (κ3) is 7.46. The number of aliphatic hydroxyl groups is 3. The molecule has 23 heavy (non-hydrogen) atoms. The first-order chi connectivity index (χ1) is 11.0. The molecule has 1 rings (SSSR count). The standard InChI is InChI=1S/C18H32O5/c1-2-13(19)10-11-15-14(16(20)12-17(15)21)8-6-4-3-5-7-9-18(22)23/h10-11,13-17,19-21H,2-9,12H2,1H3,(H,22,23)/b11-10+/t13-,14+,15-,16-,17+/m1/s1. The summed E-state index contributed by atoms with van der Waals surface area (Å²) in [6, 6.07) is 0. The summed E-state index contributed by atoms with van der Waals surface area (Å²) in [4.78, 5) is 10.4. The molecule has 0 unspecified atom stereocenters. The number of carboxylic acid groups (broad SMARTS) is 1. The molecule has 1 saturated carbocycles. The number of hydrogen-bond acceptors (Lipinski definition) is 4. The molecule has 5 atom stereocenters. The summed E-state index contributed by atoms with van der Waals surface area (Å²) in [5.41, 5.74) is 0. The quantitative estimate of drug-likeness (QED) is 0.345. The number of rotatable bonds is 11. The van der Waals surface area contributed by atoms with Gasteiger partial charge in [-0.05, 0) is 25.2 Å². The summed E-state index contributed by atoms with van der Waals surface area (Å²) >= 11 is 0. The molecule has 0 saturated heterocycles. The maximum atomic E-state index is 10.4. The average molecular weight is 328 g/mol. The first-order valence-corrected chi connectivity index (χ1v) is 8.90. The third-order valence-electron chi connectivity index (χ3n) is 4.82. The Morgan fingerprint density at radius 1 is 1.13 bits per heavy atom. The summed E-state index contributed by atoms with van der Waals surface area (Å²) in [6.45, 7) is 1.90. The Morgan fingerprint density at radius 3 is 2.43 bits per heavy atom. The van der Waals surface area contributed by atoms with Crippen LogP contribution in [-0.4, -0.2) is 44.7 Å². The summed E-state index contributed by atoms with van der Waals surface area (Å²) in [5, 5.41) is 38.4. The predicted molar refractivity (Wildman–Crippen MR) is 89.0 cm³/mol. The highest BCUT2D eigenvalue weighted by atomic mass is 16.4. The molecule has 0 radical (unpaired) electrons. The van der Waals surface area contributed by atoms with Crippen molar-refractivity contribution < 1.29 is 25.2 Å². The van der Waals surface area contributed by atoms with E-state index in [0.29, 0.717) is 12.8 Å². The van der Waals surface area contributed by atoms with Gasteiger partial charge >= 0.3 is 5.97 Å². The Balaban J connectivity index is 2.31. The van der Waals surface area contributed by atoms with E-state index in [-0.39, 0.29) is 18.3 Å². The lowest BCUT2D eigenvalue weighted by molar-refractivity contribution is -0.137. The van der Waals surface area contributed by atoms with E-state index in [0.717, 1.165) is 38.5 Å². The molecule has 5 nitrogen and oxygen atoms in total. The van der Waals surface area contributed by atoms with Crippen molar-refractivity contribution in [1.29, 1.82) is 0 Å². The Kier molecular flexibility index (Phi) is 9.44. The zero-order valence-corrected chi connectivity index (χ0v) is 14.1. The van der Waals surface area contributed by atoms with Gasteiger partial charge in [0.05, 0.1) is 18.3 Å². The number of carbonyl (C=O) groups is 1. The molecule has 0 aromatic heterocycles. The zero-order chi connectivity index (χ0) is 17.2. The van der Waals surface area contributed by atoms with Gasteiger partial charge in [-0.25, -0.2) is 0 Å². The van der Waals surface area contributed by atoms with Gasteiger partial charge in [0.2, 0.25) is 0 Å². The van der Waals surface area contributed by atoms with E-state index in [1.807, 2.05) is 13.0 Å². The number of unbranched alkanes of at least 4 members (excludes halogenated alkanes) is 4. The second-order valence-corrected chi connectivity index (χ2v) is 6.67. The smallest absolute Gasteiger partial charge is 0.303 e. The van der Waals surface area contributed by atoms with Gasteiger partial charge in [-0.1, -0.05) is 44.8 Å². The zero-order valence-electron chi connectivity index (χ0n) is 14.1. The minimum atomic E-state index is -0.739. The van der Waals surface area contributed by atoms with E-state index >= 15 is 0 Å². The number of hydrogen-bond donors (Lipinski definition) is 4. The van der Waals surface area contributed by atoms with Crippen molar-refractivity contribution in [3.05, 3.63) is 12.2 Å². The fourth-order valence-electron chi connectivity index (χ4n) is 3.36. The van der Waals surface area contributed by atoms with Crippen LogP contribution in [0, 0.1) is 11.8 Å². The molecular formula is C18H32O5. The van der Waals surface area contributed by atoms with Crippen LogP contribution in [0.25, 0.3) is 0 Å². The first kappa shape index (κ1) is 20.1. The fraction of sp³-hybridized carbons (Fsp3) is 0.833. The molecule has 0 spiro atoms. The normalized spacial score (nSPS) is 29.2. The molecule has 1 aliphatic carbocycles. The maximum absolute atomic E-state index is 10.4. The monoisotopic (exact) mass is 328 g/mol. The number of carboxylic acids is 1. The molecule has 4 N–H and O–H groups in total. The lowest BCUT2D eigenvalue weighted by Crippen LogP contribution is -2.21. The van der Waals surface area contributed by atoms with Gasteiger partial charge < -0.3 is 20.4 Å². The van der Waals surface area contributed by atoms with Gasteiger partial charge in [0.15, 0.2) is 0 Å². The highest BCUT2D eigenvalue weighted by molar-refractivity contribution is 5.66. The largest absolute Gasteiger partial charge is 0.481 e. The highest BCUT2D eigenvalue weighted by Crippen LogP contribution is 2.37. The van der Waals surface area contributed by atoms with Crippen LogP contribution in [0.3, 0.4) is 0 Å². The van der Waals surface area contributed by atoms with Crippen LogP contribution in [-0.2, 0) is 4.79 Å². The van der Waals surface area contributed by atoms with Gasteiger partial charge in [-0.15, -0.1) is 0 Å². The second-order valence-electron chi connectivity index (χ2n) is 6.67. The van der Waals surface area contributed by atoms with Crippen LogP contribution in [0.2, 0.25) is 0 Å². The topological polar surface area (TPSA) is 98.0 Å². The number of aliphatic hydroxyl groups excluding tert-OH is 3. The van der Waals surface area contributed by atoms with Crippen molar-refractivity contribution in [2.45, 2.75) is 83.0 Å². The molecule has 0 aromatic rings. The molecule has 1 fully saturated rings. The van der Waals surface area contributed by atoms with E-state index in [1.165, 1.54) is 0 Å². The molecular weight excluding hydrogens is 296 g/mol. The highest BCUT2D eigenvalue weighted by Gasteiger charge is 2.39. The van der Waals surface area contributed by atoms with E-state index < -0.39 is 24.3 Å². The van der Waals surface area contributed by atoms with Crippen molar-refractivity contribution in [3.8, 4) is 0 Å². The molecule has 0 aliphatic heterocycles. The molecule has 0 aromatic carbocycles. The Morgan fingerprint density at radius 2 is 1.78 bits per heavy atom. The minimum absolute atomic E-state index is 0.0457. The van der Waals surface area contributed by atoms with E-state index in [9.17, 15) is 20.1 Å². The fourth-order valence-corrected chi connectivity index (χ4v) is 3.36. The molecule has 5 heteroatoms. The molecule has 0 amide bonds. The third-order valence-corrected chi connectivity index (χ3v) is 4.82. The second kappa shape index (κ2) is 10.8. The van der Waals surface area contributed by atoms with Crippen LogP contribution in [0.4, 0.5) is 0 Å². The van der Waals surface area contributed by atoms with Gasteiger partial charge in [0.25, 0.3) is 0 Å². The van der Waals surface area contributed by atoms with Gasteiger partial charge in [-0.3, -0.25) is 4.79 Å². The van der Waals surface area contributed by atoms with Crippen LogP contribution in [0.5, 0.6) is 0 Å². The predicted octanol–water partition coefficient (Wildman–Crippen LogP) is 2.49. The van der Waals surface area contributed by atoms with E-state index in [4.69, 9.17) is 5.11 Å². The van der Waals surface area contributed by atoms with Crippen molar-refractivity contribution in [3.63, 3.8) is 0 Å². The van der Waals surface area contributed by atoms with E-state index in [2.05, 4.69) is 0 Å². The summed E-state index contributed by atoms with van der Waals surface area (Å²) in [5.74, 6) is -0.778. The van der Waals surface area contributed by atoms with Crippen LogP contribution >= 0.6 is 0 Å². The summed E-state index contributed by atoms with van der Waals surface area (Å²) in [7, 11) is 0. The van der Waals surface area contributed by atoms with Gasteiger partial charge in [-0.2, -0.15) is 0 Å². The molecule has 134 valence electrons. The van der Waals surface area contributed by atoms with Crippen molar-refractivity contribution in [2.24, 2.45) is 11.8 Å². The summed E-state index contributed by atoms with van der Waals surface area (Å²) < 4.78 is 0. The maximum Gasteiger partial charge on any atom is 0.303 e. The minimum Gasteiger partial charge on any atom is -0.481 e. The van der Waals surface area contributed by atoms with Crippen LogP contribution in [0.1, 0.15) is 64.7 Å². The van der Waals surface area contributed by atoms with E-state index in [1.54, 1.807) is 6.08 Å². The summed E-state index contributed by atoms with van der Waals surface area (Å²) in [6.07, 6.45) is 8.87. The van der Waals surface area contributed by atoms with Crippen molar-refractivity contribution in [2.75, 3.05) is 0 Å². The molecule has 0 heterocycles. The van der Waals surface area contributed by atoms with Crippen LogP contribution < -0.4 is 0 Å². The van der Waals surface area contributed by atoms with Crippen molar-refractivity contribution in [1.82, 2.24) is 0 Å². The average Bonchev–Trinajstić information content (AvgIpc) is 2.77.